The maximum atomic E-state index is 11.5. The second-order valence-corrected chi connectivity index (χ2v) is 6.00. The van der Waals surface area contributed by atoms with Gasteiger partial charge >= 0.3 is 5.97 Å². The van der Waals surface area contributed by atoms with E-state index in [-0.39, 0.29) is 42.2 Å². The predicted octanol–water partition coefficient (Wildman–Crippen LogP) is 2.95. The minimum absolute atomic E-state index is 0. The van der Waals surface area contributed by atoms with Crippen molar-refractivity contribution >= 4 is 35.9 Å². The maximum absolute atomic E-state index is 11.5. The number of hydrogen-bond donors (Lipinski definition) is 2. The van der Waals surface area contributed by atoms with Crippen molar-refractivity contribution in [1.82, 2.24) is 10.6 Å². The maximum Gasteiger partial charge on any atom is 0.307 e. The van der Waals surface area contributed by atoms with Gasteiger partial charge in [-0.2, -0.15) is 0 Å². The Morgan fingerprint density at radius 2 is 1.79 bits per heavy atom. The predicted molar refractivity (Wildman–Crippen MR) is 110 cm³/mol. The van der Waals surface area contributed by atoms with Crippen LogP contribution in [-0.4, -0.2) is 50.4 Å². The van der Waals surface area contributed by atoms with Crippen molar-refractivity contribution in [2.24, 2.45) is 10.9 Å². The highest BCUT2D eigenvalue weighted by molar-refractivity contribution is 14.0. The minimum atomic E-state index is -0.195. The molecule has 0 aromatic heterocycles. The first-order valence-electron chi connectivity index (χ1n) is 8.73. The molecule has 0 bridgehead atoms. The summed E-state index contributed by atoms with van der Waals surface area (Å²) in [4.78, 5) is 16.0. The molecule has 144 valence electrons. The Balaban J connectivity index is 0. The SMILES string of the molecule is CCNC(=NCCC(OCC)C(C)C)NCCC(=O)OC(C)C.I. The van der Waals surface area contributed by atoms with E-state index in [1.807, 2.05) is 27.7 Å². The van der Waals surface area contributed by atoms with Gasteiger partial charge in [0.2, 0.25) is 0 Å². The van der Waals surface area contributed by atoms with Crippen molar-refractivity contribution in [3.05, 3.63) is 0 Å². The number of aliphatic imine (C=N–C) groups is 1. The number of carbonyl (C=O) groups excluding carboxylic acids is 1. The van der Waals surface area contributed by atoms with Crippen molar-refractivity contribution in [1.29, 1.82) is 0 Å². The standard InChI is InChI=1S/C17H35N3O3.HI/c1-7-18-17(20-12-10-16(21)23-14(5)6)19-11-9-15(13(3)4)22-8-2;/h13-15H,7-12H2,1-6H3,(H2,18,19,20);1H. The Morgan fingerprint density at radius 3 is 2.29 bits per heavy atom. The van der Waals surface area contributed by atoms with Crippen LogP contribution in [0.5, 0.6) is 0 Å². The molecular formula is C17H36IN3O3. The third-order valence-corrected chi connectivity index (χ3v) is 3.14. The van der Waals surface area contributed by atoms with Crippen molar-refractivity contribution in [3.63, 3.8) is 0 Å². The molecular weight excluding hydrogens is 421 g/mol. The summed E-state index contributed by atoms with van der Waals surface area (Å²) in [5, 5.41) is 6.34. The molecule has 6 nitrogen and oxygen atoms in total. The summed E-state index contributed by atoms with van der Waals surface area (Å²) in [5.74, 6) is 1.01. The molecule has 0 saturated heterocycles. The highest BCUT2D eigenvalue weighted by atomic mass is 127. The fraction of sp³-hybridized carbons (Fsp3) is 0.882. The van der Waals surface area contributed by atoms with E-state index < -0.39 is 0 Å². The molecule has 0 aliphatic rings. The van der Waals surface area contributed by atoms with Crippen molar-refractivity contribution in [2.45, 2.75) is 66.6 Å². The number of ether oxygens (including phenoxy) is 2. The van der Waals surface area contributed by atoms with E-state index in [4.69, 9.17) is 9.47 Å². The van der Waals surface area contributed by atoms with Crippen LogP contribution in [0.3, 0.4) is 0 Å². The monoisotopic (exact) mass is 457 g/mol. The highest BCUT2D eigenvalue weighted by Crippen LogP contribution is 2.10. The number of guanidine groups is 1. The van der Waals surface area contributed by atoms with Crippen LogP contribution in [0.15, 0.2) is 4.99 Å². The quantitative estimate of drug-likeness (QED) is 0.216. The zero-order valence-electron chi connectivity index (χ0n) is 16.1. The molecule has 0 heterocycles. The molecule has 0 fully saturated rings. The summed E-state index contributed by atoms with van der Waals surface area (Å²) in [5.41, 5.74) is 0. The van der Waals surface area contributed by atoms with Crippen LogP contribution in [-0.2, 0) is 14.3 Å². The number of rotatable bonds is 11. The normalized spacial score (nSPS) is 12.8. The molecule has 2 N–H and O–H groups in total. The zero-order chi connectivity index (χ0) is 17.7. The zero-order valence-corrected chi connectivity index (χ0v) is 18.4. The summed E-state index contributed by atoms with van der Waals surface area (Å²) in [7, 11) is 0. The van der Waals surface area contributed by atoms with Gasteiger partial charge in [0.25, 0.3) is 0 Å². The third kappa shape index (κ3) is 13.8. The van der Waals surface area contributed by atoms with Gasteiger partial charge < -0.3 is 20.1 Å². The molecule has 0 aromatic rings. The number of esters is 1. The van der Waals surface area contributed by atoms with E-state index in [0.717, 1.165) is 25.5 Å². The molecule has 0 amide bonds. The summed E-state index contributed by atoms with van der Waals surface area (Å²) in [6.45, 7) is 14.7. The Kier molecular flexibility index (Phi) is 17.0. The lowest BCUT2D eigenvalue weighted by Crippen LogP contribution is -2.38. The Morgan fingerprint density at radius 1 is 1.12 bits per heavy atom. The van der Waals surface area contributed by atoms with Crippen LogP contribution >= 0.6 is 24.0 Å². The van der Waals surface area contributed by atoms with Crippen LogP contribution in [0.2, 0.25) is 0 Å². The molecule has 7 heteroatoms. The van der Waals surface area contributed by atoms with E-state index in [2.05, 4.69) is 29.5 Å². The van der Waals surface area contributed by atoms with Gasteiger partial charge in [0, 0.05) is 26.2 Å². The van der Waals surface area contributed by atoms with E-state index >= 15 is 0 Å². The van der Waals surface area contributed by atoms with Crippen LogP contribution in [0, 0.1) is 5.92 Å². The first kappa shape index (κ1) is 25.7. The molecule has 1 atom stereocenters. The number of carbonyl (C=O) groups is 1. The minimum Gasteiger partial charge on any atom is -0.463 e. The van der Waals surface area contributed by atoms with Gasteiger partial charge in [-0.25, -0.2) is 0 Å². The second-order valence-electron chi connectivity index (χ2n) is 6.00. The van der Waals surface area contributed by atoms with Gasteiger partial charge in [0.15, 0.2) is 5.96 Å². The average molecular weight is 457 g/mol. The van der Waals surface area contributed by atoms with Crippen molar-refractivity contribution in [3.8, 4) is 0 Å². The van der Waals surface area contributed by atoms with E-state index in [0.29, 0.717) is 25.4 Å². The van der Waals surface area contributed by atoms with Gasteiger partial charge in [0.05, 0.1) is 18.6 Å². The van der Waals surface area contributed by atoms with Crippen LogP contribution in [0.1, 0.15) is 54.4 Å². The molecule has 0 aliphatic heterocycles. The first-order chi connectivity index (χ1) is 10.9. The summed E-state index contributed by atoms with van der Waals surface area (Å²) in [6, 6.07) is 0. The fourth-order valence-corrected chi connectivity index (χ4v) is 2.07. The van der Waals surface area contributed by atoms with Crippen LogP contribution < -0.4 is 10.6 Å². The highest BCUT2D eigenvalue weighted by Gasteiger charge is 2.12. The number of nitrogens with one attached hydrogen (secondary N) is 2. The fourth-order valence-electron chi connectivity index (χ4n) is 2.07. The third-order valence-electron chi connectivity index (χ3n) is 3.14. The Hall–Kier alpha value is -0.570. The smallest absolute Gasteiger partial charge is 0.307 e. The number of halogens is 1. The van der Waals surface area contributed by atoms with Gasteiger partial charge in [0.1, 0.15) is 0 Å². The van der Waals surface area contributed by atoms with Crippen LogP contribution in [0.4, 0.5) is 0 Å². The average Bonchev–Trinajstić information content (AvgIpc) is 2.45. The summed E-state index contributed by atoms with van der Waals surface area (Å²) in [6.07, 6.45) is 1.37. The molecule has 0 spiro atoms. The molecule has 24 heavy (non-hydrogen) atoms. The van der Waals surface area contributed by atoms with Crippen molar-refractivity contribution < 1.29 is 14.3 Å². The largest absolute Gasteiger partial charge is 0.463 e. The number of nitrogens with zero attached hydrogens (tertiary/aromatic N) is 1. The molecule has 1 unspecified atom stereocenters. The summed E-state index contributed by atoms with van der Waals surface area (Å²) < 4.78 is 10.8. The van der Waals surface area contributed by atoms with Gasteiger partial charge in [-0.1, -0.05) is 13.8 Å². The van der Waals surface area contributed by atoms with E-state index in [1.54, 1.807) is 0 Å². The second kappa shape index (κ2) is 15.9. The first-order valence-corrected chi connectivity index (χ1v) is 8.73. The van der Waals surface area contributed by atoms with Gasteiger partial charge in [-0.15, -0.1) is 24.0 Å². The lowest BCUT2D eigenvalue weighted by Gasteiger charge is -2.20. The lowest BCUT2D eigenvalue weighted by molar-refractivity contribution is -0.147. The van der Waals surface area contributed by atoms with Crippen molar-refractivity contribution in [2.75, 3.05) is 26.2 Å². The van der Waals surface area contributed by atoms with E-state index in [9.17, 15) is 4.79 Å². The Labute approximate surface area is 164 Å². The van der Waals surface area contributed by atoms with Gasteiger partial charge in [-0.05, 0) is 40.0 Å². The van der Waals surface area contributed by atoms with Crippen LogP contribution in [0.25, 0.3) is 0 Å². The molecule has 0 aromatic carbocycles. The molecule has 0 aliphatic carbocycles. The van der Waals surface area contributed by atoms with E-state index in [1.165, 1.54) is 0 Å². The molecule has 0 saturated carbocycles. The molecule has 0 radical (unpaired) electrons. The van der Waals surface area contributed by atoms with Gasteiger partial charge in [-0.3, -0.25) is 9.79 Å². The summed E-state index contributed by atoms with van der Waals surface area (Å²) >= 11 is 0. The Bertz CT molecular complexity index is 350. The lowest BCUT2D eigenvalue weighted by atomic mass is 10.0. The topological polar surface area (TPSA) is 72.0 Å². The number of hydrogen-bond acceptors (Lipinski definition) is 4. The molecule has 0 rings (SSSR count).